The summed E-state index contributed by atoms with van der Waals surface area (Å²) in [6.45, 7) is 8.59. The van der Waals surface area contributed by atoms with Crippen molar-refractivity contribution in [3.05, 3.63) is 40.3 Å². The number of hydrogen-bond donors (Lipinski definition) is 2. The third-order valence-corrected chi connectivity index (χ3v) is 5.84. The Labute approximate surface area is 195 Å². The van der Waals surface area contributed by atoms with E-state index >= 15 is 0 Å². The van der Waals surface area contributed by atoms with Crippen molar-refractivity contribution in [2.75, 3.05) is 23.8 Å². The molecule has 1 unspecified atom stereocenters. The van der Waals surface area contributed by atoms with Gasteiger partial charge in [0.25, 0.3) is 17.4 Å². The number of nitrogens with zero attached hydrogens (tertiary/aromatic N) is 6. The second kappa shape index (κ2) is 9.10. The van der Waals surface area contributed by atoms with Crippen molar-refractivity contribution in [1.82, 2.24) is 19.6 Å². The maximum absolute atomic E-state index is 9.54. The summed E-state index contributed by atoms with van der Waals surface area (Å²) in [6.07, 6.45) is 6.28. The van der Waals surface area contributed by atoms with E-state index in [9.17, 15) is 5.26 Å². The Balaban J connectivity index is 1.49. The van der Waals surface area contributed by atoms with Crippen molar-refractivity contribution in [2.45, 2.75) is 44.2 Å². The molecule has 1 saturated heterocycles. The first kappa shape index (κ1) is 21.3. The molecule has 0 bridgehead atoms. The van der Waals surface area contributed by atoms with Gasteiger partial charge in [-0.3, -0.25) is 0 Å². The van der Waals surface area contributed by atoms with Gasteiger partial charge in [0.15, 0.2) is 5.82 Å². The Morgan fingerprint density at radius 2 is 2.18 bits per heavy atom. The minimum atomic E-state index is -0.138. The minimum absolute atomic E-state index is 0.138. The van der Waals surface area contributed by atoms with Gasteiger partial charge in [-0.25, -0.2) is 4.98 Å². The molecule has 1 aliphatic carbocycles. The normalized spacial score (nSPS) is 18.2. The average Bonchev–Trinajstić information content (AvgIpc) is 3.59. The van der Waals surface area contributed by atoms with E-state index in [2.05, 4.69) is 36.6 Å². The highest BCUT2D eigenvalue weighted by atomic mass is 35.5. The summed E-state index contributed by atoms with van der Waals surface area (Å²) in [6, 6.07) is 5.71. The predicted molar refractivity (Wildman–Crippen MR) is 122 cm³/mol. The summed E-state index contributed by atoms with van der Waals surface area (Å²) in [4.78, 5) is 12.3. The molecular weight excluding hydrogens is 444 g/mol. The summed E-state index contributed by atoms with van der Waals surface area (Å²) in [5.74, 6) is 1.41. The quantitative estimate of drug-likeness (QED) is 0.514. The fourth-order valence-corrected chi connectivity index (χ4v) is 3.82. The molecule has 2 aromatic heterocycles. The number of halogens is 1. The number of rotatable bonds is 6. The lowest BCUT2D eigenvalue weighted by Crippen LogP contribution is -2.21. The molecule has 168 valence electrons. The standard InChI is InChI=1S/C22H21ClN8O2/c1-25-18-11-26-21-20(27-14-5-6-14)29-22(30-31(18)21)28-16-8-13(10-24)9-17(19(16)23)33-15-4-2-3-7-32-12-15/h8-9,11,14-15H,2-7,12H2,(H2,27,28,29,30). The molecule has 3 heterocycles. The lowest BCUT2D eigenvalue weighted by atomic mass is 10.1. The maximum Gasteiger partial charge on any atom is 0.275 e. The van der Waals surface area contributed by atoms with Gasteiger partial charge < -0.3 is 25.0 Å². The van der Waals surface area contributed by atoms with Crippen LogP contribution in [-0.2, 0) is 4.74 Å². The second-order valence-electron chi connectivity index (χ2n) is 8.05. The number of imidazole rings is 1. The van der Waals surface area contributed by atoms with E-state index in [1.54, 1.807) is 12.1 Å². The van der Waals surface area contributed by atoms with Gasteiger partial charge in [0, 0.05) is 12.6 Å². The summed E-state index contributed by atoms with van der Waals surface area (Å²) in [5.41, 5.74) is 1.29. The maximum atomic E-state index is 9.54. The fraction of sp³-hybridized carbons (Fsp3) is 0.409. The predicted octanol–water partition coefficient (Wildman–Crippen LogP) is 4.47. The van der Waals surface area contributed by atoms with Crippen LogP contribution in [0.4, 0.5) is 23.3 Å². The topological polar surface area (TPSA) is 114 Å². The molecule has 3 aromatic rings. The summed E-state index contributed by atoms with van der Waals surface area (Å²) in [7, 11) is 0. The number of fused-ring (bicyclic) bond motifs is 1. The number of ether oxygens (including phenoxy) is 2. The van der Waals surface area contributed by atoms with Crippen LogP contribution in [-0.4, -0.2) is 44.9 Å². The summed E-state index contributed by atoms with van der Waals surface area (Å²) < 4.78 is 13.1. The first-order chi connectivity index (χ1) is 16.1. The van der Waals surface area contributed by atoms with Crippen LogP contribution in [0.25, 0.3) is 10.5 Å². The molecule has 0 amide bonds. The highest BCUT2D eigenvalue weighted by molar-refractivity contribution is 6.34. The van der Waals surface area contributed by atoms with Gasteiger partial charge in [-0.15, -0.1) is 4.52 Å². The van der Waals surface area contributed by atoms with Gasteiger partial charge in [-0.2, -0.15) is 10.2 Å². The molecule has 11 heteroatoms. The molecule has 10 nitrogen and oxygen atoms in total. The van der Waals surface area contributed by atoms with Crippen LogP contribution in [0.2, 0.25) is 5.02 Å². The molecule has 33 heavy (non-hydrogen) atoms. The highest BCUT2D eigenvalue weighted by Crippen LogP contribution is 2.37. The SMILES string of the molecule is [C-]#[N+]c1cnc2c(NC3CC3)nc(Nc3cc(C#N)cc(OC4CCCCOC4)c3Cl)nn12. The first-order valence-corrected chi connectivity index (χ1v) is 11.2. The molecule has 0 radical (unpaired) electrons. The first-order valence-electron chi connectivity index (χ1n) is 10.8. The molecular formula is C22H21ClN8O2. The van der Waals surface area contributed by atoms with Crippen LogP contribution >= 0.6 is 11.6 Å². The van der Waals surface area contributed by atoms with E-state index < -0.39 is 0 Å². The number of nitriles is 1. The number of nitrogens with one attached hydrogen (secondary N) is 2. The molecule has 1 saturated carbocycles. The van der Waals surface area contributed by atoms with Crippen LogP contribution < -0.4 is 15.4 Å². The summed E-state index contributed by atoms with van der Waals surface area (Å²) >= 11 is 6.66. The van der Waals surface area contributed by atoms with Gasteiger partial charge in [0.1, 0.15) is 16.9 Å². The van der Waals surface area contributed by atoms with Gasteiger partial charge in [-0.1, -0.05) is 23.3 Å². The van der Waals surface area contributed by atoms with E-state index in [0.29, 0.717) is 46.1 Å². The highest BCUT2D eigenvalue weighted by Gasteiger charge is 2.26. The Morgan fingerprint density at radius 1 is 1.30 bits per heavy atom. The van der Waals surface area contributed by atoms with E-state index in [1.165, 1.54) is 10.7 Å². The Hall–Kier alpha value is -3.60. The molecule has 1 atom stereocenters. The monoisotopic (exact) mass is 464 g/mol. The van der Waals surface area contributed by atoms with Crippen LogP contribution in [0.3, 0.4) is 0 Å². The van der Waals surface area contributed by atoms with Crippen molar-refractivity contribution in [3.63, 3.8) is 0 Å². The Kier molecular flexibility index (Phi) is 5.86. The zero-order valence-electron chi connectivity index (χ0n) is 17.7. The van der Waals surface area contributed by atoms with Gasteiger partial charge in [0.2, 0.25) is 0 Å². The van der Waals surface area contributed by atoms with Crippen molar-refractivity contribution >= 4 is 40.5 Å². The van der Waals surface area contributed by atoms with Crippen LogP contribution in [0.1, 0.15) is 37.7 Å². The number of anilines is 3. The van der Waals surface area contributed by atoms with E-state index in [1.807, 2.05) is 0 Å². The summed E-state index contributed by atoms with van der Waals surface area (Å²) in [5, 5.41) is 20.7. The largest absolute Gasteiger partial charge is 0.486 e. The van der Waals surface area contributed by atoms with Crippen molar-refractivity contribution in [1.29, 1.82) is 5.26 Å². The average molecular weight is 465 g/mol. The zero-order chi connectivity index (χ0) is 22.8. The number of benzene rings is 1. The Morgan fingerprint density at radius 3 is 2.97 bits per heavy atom. The lowest BCUT2D eigenvalue weighted by molar-refractivity contribution is 0.0650. The van der Waals surface area contributed by atoms with Gasteiger partial charge in [-0.05, 0) is 44.2 Å². The van der Waals surface area contributed by atoms with Crippen LogP contribution in [0.5, 0.6) is 5.75 Å². The smallest absolute Gasteiger partial charge is 0.275 e. The molecule has 2 N–H and O–H groups in total. The third kappa shape index (κ3) is 4.63. The molecule has 1 aromatic carbocycles. The second-order valence-corrected chi connectivity index (χ2v) is 8.43. The fourth-order valence-electron chi connectivity index (χ4n) is 3.62. The Bertz CT molecular complexity index is 1270. The number of aromatic nitrogens is 4. The van der Waals surface area contributed by atoms with Crippen molar-refractivity contribution < 1.29 is 9.47 Å². The van der Waals surface area contributed by atoms with Crippen molar-refractivity contribution in [2.24, 2.45) is 0 Å². The van der Waals surface area contributed by atoms with Gasteiger partial charge >= 0.3 is 0 Å². The van der Waals surface area contributed by atoms with E-state index in [0.717, 1.165) is 38.7 Å². The third-order valence-electron chi connectivity index (χ3n) is 5.45. The van der Waals surface area contributed by atoms with Gasteiger partial charge in [0.05, 0.1) is 30.1 Å². The zero-order valence-corrected chi connectivity index (χ0v) is 18.5. The van der Waals surface area contributed by atoms with E-state index in [-0.39, 0.29) is 17.9 Å². The molecule has 0 spiro atoms. The van der Waals surface area contributed by atoms with Crippen LogP contribution in [0.15, 0.2) is 18.3 Å². The molecule has 2 aliphatic rings. The van der Waals surface area contributed by atoms with E-state index in [4.69, 9.17) is 27.6 Å². The van der Waals surface area contributed by atoms with Crippen LogP contribution in [0, 0.1) is 17.9 Å². The van der Waals surface area contributed by atoms with Crippen molar-refractivity contribution in [3.8, 4) is 11.8 Å². The molecule has 5 rings (SSSR count). The minimum Gasteiger partial charge on any atom is -0.486 e. The molecule has 2 fully saturated rings. The number of hydrogen-bond acceptors (Lipinski definition) is 8. The lowest BCUT2D eigenvalue weighted by Gasteiger charge is -2.19. The molecule has 1 aliphatic heterocycles.